The molecule has 1 N–H and O–H groups in total. The third-order valence-corrected chi connectivity index (χ3v) is 8.23. The van der Waals surface area contributed by atoms with Crippen LogP contribution in [0.15, 0.2) is 30.3 Å². The Morgan fingerprint density at radius 1 is 1.53 bits per heavy atom. The monoisotopic (exact) mass is 448 g/mol. The van der Waals surface area contributed by atoms with E-state index in [0.717, 1.165) is 10.3 Å². The van der Waals surface area contributed by atoms with Crippen molar-refractivity contribution >= 4 is 31.8 Å². The van der Waals surface area contributed by atoms with E-state index in [1.807, 2.05) is 25.1 Å². The average Bonchev–Trinajstić information content (AvgIpc) is 2.27. The second-order valence-electron chi connectivity index (χ2n) is 3.22. The normalized spacial score (nSPS) is 13.2. The number of benzene rings is 1. The number of carbonyl (C=O) groups excluding carboxylic acids is 1. The molecule has 0 fully saturated rings. The first-order chi connectivity index (χ1) is 7.24. The Bertz CT molecular complexity index is 308. The van der Waals surface area contributed by atoms with E-state index in [1.54, 1.807) is 0 Å². The van der Waals surface area contributed by atoms with E-state index < -0.39 is 0 Å². The third-order valence-electron chi connectivity index (χ3n) is 2.01. The zero-order chi connectivity index (χ0) is 11.1. The van der Waals surface area contributed by atoms with Gasteiger partial charge < -0.3 is 0 Å². The molecular formula is C10H13I2NOP-. The van der Waals surface area contributed by atoms with Gasteiger partial charge in [0, 0.05) is 0 Å². The molecule has 0 aliphatic carbocycles. The molecule has 5 heteroatoms. The van der Waals surface area contributed by atoms with Gasteiger partial charge in [0.2, 0.25) is 0 Å². The summed E-state index contributed by atoms with van der Waals surface area (Å²) < 4.78 is 3.89. The second-order valence-corrected chi connectivity index (χ2v) is 15.1. The van der Waals surface area contributed by atoms with Crippen LogP contribution in [0.4, 0.5) is 0 Å². The van der Waals surface area contributed by atoms with E-state index in [0.29, 0.717) is 0 Å². The Morgan fingerprint density at radius 3 is 2.80 bits per heavy atom. The van der Waals surface area contributed by atoms with Crippen LogP contribution in [0.5, 0.6) is 0 Å². The molecule has 0 aliphatic rings. The molecule has 1 aromatic carbocycles. The SMILES string of the molecule is CC(Cc1ccccc1)C(=O)N[I-]PI. The fourth-order valence-corrected chi connectivity index (χ4v) is 5.03. The fourth-order valence-electron chi connectivity index (χ4n) is 1.22. The first kappa shape index (κ1) is 13.6. The van der Waals surface area contributed by atoms with Crippen LogP contribution in [0, 0.1) is 5.92 Å². The maximum absolute atomic E-state index is 11.6. The molecule has 0 aromatic heterocycles. The summed E-state index contributed by atoms with van der Waals surface area (Å²) in [6, 6.07) is 10.2. The molecule has 0 aliphatic heterocycles. The van der Waals surface area contributed by atoms with Crippen LogP contribution in [0.1, 0.15) is 12.5 Å². The van der Waals surface area contributed by atoms with Gasteiger partial charge in [-0.1, -0.05) is 0 Å². The molecule has 0 bridgehead atoms. The number of hydrogen-bond acceptors (Lipinski definition) is 1. The van der Waals surface area contributed by atoms with Crippen LogP contribution in [0.3, 0.4) is 0 Å². The van der Waals surface area contributed by atoms with Gasteiger partial charge in [0.1, 0.15) is 0 Å². The predicted octanol–water partition coefficient (Wildman–Crippen LogP) is -0.0711. The van der Waals surface area contributed by atoms with Crippen molar-refractivity contribution in [3.63, 3.8) is 0 Å². The Balaban J connectivity index is 2.41. The fraction of sp³-hybridized carbons (Fsp3) is 0.300. The standard InChI is InChI=1S/C10H13I2NOP/c1-8(10(14)13-12-15-11)7-9-5-3-2-4-6-9/h2-6,8,15H,7H2,1H3,(H,13,14)/q-1. The molecule has 84 valence electrons. The van der Waals surface area contributed by atoms with Crippen LogP contribution in [0.25, 0.3) is 0 Å². The number of carbonyl (C=O) groups is 1. The maximum atomic E-state index is 11.6. The molecule has 0 heterocycles. The van der Waals surface area contributed by atoms with Gasteiger partial charge in [0.15, 0.2) is 0 Å². The van der Waals surface area contributed by atoms with Gasteiger partial charge in [-0.15, -0.1) is 0 Å². The summed E-state index contributed by atoms with van der Waals surface area (Å²) in [7, 11) is 0. The van der Waals surface area contributed by atoms with Crippen molar-refractivity contribution in [1.82, 2.24) is 3.53 Å². The Labute approximate surface area is 115 Å². The van der Waals surface area contributed by atoms with Crippen molar-refractivity contribution in [2.24, 2.45) is 5.92 Å². The van der Waals surface area contributed by atoms with E-state index in [-0.39, 0.29) is 32.8 Å². The van der Waals surface area contributed by atoms with Crippen LogP contribution in [0.2, 0.25) is 0 Å². The molecule has 0 saturated carbocycles. The summed E-state index contributed by atoms with van der Waals surface area (Å²) in [5.74, 6) is 0.288. The number of hydrogen-bond donors (Lipinski definition) is 1. The van der Waals surface area contributed by atoms with Crippen LogP contribution < -0.4 is 24.5 Å². The molecule has 0 spiro atoms. The van der Waals surface area contributed by atoms with E-state index in [2.05, 4.69) is 37.7 Å². The van der Waals surface area contributed by atoms with Crippen LogP contribution in [-0.4, -0.2) is 5.91 Å². The number of nitrogens with one attached hydrogen (secondary N) is 1. The van der Waals surface area contributed by atoms with Gasteiger partial charge >= 0.3 is 116 Å². The molecule has 1 rings (SSSR count). The molecule has 2 unspecified atom stereocenters. The zero-order valence-electron chi connectivity index (χ0n) is 8.34. The quantitative estimate of drug-likeness (QED) is 0.382. The van der Waals surface area contributed by atoms with E-state index in [4.69, 9.17) is 0 Å². The summed E-state index contributed by atoms with van der Waals surface area (Å²) in [6.07, 6.45) is 0.834. The van der Waals surface area contributed by atoms with Crippen molar-refractivity contribution < 1.29 is 25.7 Å². The summed E-state index contributed by atoms with van der Waals surface area (Å²) >= 11 is 2.22. The summed E-state index contributed by atoms with van der Waals surface area (Å²) in [4.78, 5) is 11.6. The van der Waals surface area contributed by atoms with Gasteiger partial charge in [0.25, 0.3) is 0 Å². The number of rotatable bonds is 5. The van der Waals surface area contributed by atoms with Gasteiger partial charge in [-0.05, 0) is 0 Å². The second kappa shape index (κ2) is 7.79. The van der Waals surface area contributed by atoms with E-state index in [1.165, 1.54) is 5.56 Å². The van der Waals surface area contributed by atoms with Crippen molar-refractivity contribution in [3.05, 3.63) is 35.9 Å². The van der Waals surface area contributed by atoms with Crippen molar-refractivity contribution in [2.75, 3.05) is 0 Å². The van der Waals surface area contributed by atoms with Crippen molar-refractivity contribution in [2.45, 2.75) is 13.3 Å². The first-order valence-corrected chi connectivity index (χ1v) is 12.9. The molecular weight excluding hydrogens is 435 g/mol. The van der Waals surface area contributed by atoms with Crippen LogP contribution in [-0.2, 0) is 11.2 Å². The minimum atomic E-state index is -0.107. The molecule has 1 aromatic rings. The van der Waals surface area contributed by atoms with Gasteiger partial charge in [0.05, 0.1) is 0 Å². The molecule has 0 radical (unpaired) electrons. The average molecular weight is 448 g/mol. The predicted molar refractivity (Wildman–Crippen MR) is 69.8 cm³/mol. The summed E-state index contributed by atoms with van der Waals surface area (Å²) in [5.41, 5.74) is 1.23. The minimum absolute atomic E-state index is 0.0832. The van der Waals surface area contributed by atoms with Gasteiger partial charge in [-0.25, -0.2) is 0 Å². The summed E-state index contributed by atoms with van der Waals surface area (Å²) in [5, 5.41) is 0. The van der Waals surface area contributed by atoms with Crippen LogP contribution >= 0.6 is 25.9 Å². The zero-order valence-corrected chi connectivity index (χ0v) is 13.7. The number of amides is 1. The number of halogens is 2. The Kier molecular flexibility index (Phi) is 7.08. The van der Waals surface area contributed by atoms with Crippen molar-refractivity contribution in [1.29, 1.82) is 0 Å². The first-order valence-electron chi connectivity index (χ1n) is 4.56. The van der Waals surface area contributed by atoms with E-state index in [9.17, 15) is 4.79 Å². The Hall–Kier alpha value is 0.580. The van der Waals surface area contributed by atoms with Gasteiger partial charge in [-0.3, -0.25) is 0 Å². The molecule has 1 amide bonds. The Morgan fingerprint density at radius 2 is 2.20 bits per heavy atom. The topological polar surface area (TPSA) is 29.1 Å². The van der Waals surface area contributed by atoms with Gasteiger partial charge in [-0.2, -0.15) is 0 Å². The molecule has 0 saturated heterocycles. The van der Waals surface area contributed by atoms with E-state index >= 15 is 0 Å². The third kappa shape index (κ3) is 5.45. The molecule has 2 nitrogen and oxygen atoms in total. The molecule has 2 atom stereocenters. The summed E-state index contributed by atoms with van der Waals surface area (Å²) in [6.45, 7) is 1.99. The molecule has 15 heavy (non-hydrogen) atoms. The van der Waals surface area contributed by atoms with Crippen molar-refractivity contribution in [3.8, 4) is 0 Å².